The fourth-order valence-electron chi connectivity index (χ4n) is 6.51. The van der Waals surface area contributed by atoms with Gasteiger partial charge in [0.25, 0.3) is 17.7 Å². The zero-order valence-corrected chi connectivity index (χ0v) is 33.6. The number of amidine groups is 1. The van der Waals surface area contributed by atoms with Crippen molar-refractivity contribution in [3.63, 3.8) is 0 Å². The van der Waals surface area contributed by atoms with E-state index in [-0.39, 0.29) is 61.2 Å². The Balaban J connectivity index is 1.36. The number of fused-ring (bicyclic) bond motifs is 1. The largest absolute Gasteiger partial charge is 0.387 e. The minimum Gasteiger partial charge on any atom is -0.387 e. The molecule has 2 aromatic rings. The summed E-state index contributed by atoms with van der Waals surface area (Å²) >= 11 is 0. The van der Waals surface area contributed by atoms with E-state index >= 15 is 0 Å². The van der Waals surface area contributed by atoms with E-state index in [1.165, 1.54) is 23.3 Å². The molecule has 0 saturated carbocycles. The highest BCUT2D eigenvalue weighted by molar-refractivity contribution is 6.12. The molecule has 58 heavy (non-hydrogen) atoms. The van der Waals surface area contributed by atoms with Gasteiger partial charge in [0.15, 0.2) is 0 Å². The number of hydrogen-bond donors (Lipinski definition) is 4. The van der Waals surface area contributed by atoms with Crippen molar-refractivity contribution in [2.45, 2.75) is 78.2 Å². The SMILES string of the molecule is C=N/C=C(\C=C(/C)CNC(=O)C(Cc1ccccc1)NC(=O)CCCCCN1C(=O)C=CC1=O)NC(=O)c1ccc2c(c1)N=C(N)CC(C(=O)N(CCC)CCC)=C2. The summed E-state index contributed by atoms with van der Waals surface area (Å²) in [7, 11) is 0. The van der Waals surface area contributed by atoms with Crippen molar-refractivity contribution in [3.05, 3.63) is 106 Å². The van der Waals surface area contributed by atoms with E-state index in [1.54, 1.807) is 37.3 Å². The summed E-state index contributed by atoms with van der Waals surface area (Å²) in [5.74, 6) is -1.58. The van der Waals surface area contributed by atoms with Gasteiger partial charge in [-0.1, -0.05) is 62.2 Å². The Hall–Kier alpha value is -6.44. The van der Waals surface area contributed by atoms with Crippen LogP contribution in [0.4, 0.5) is 5.69 Å². The number of aliphatic imine (C=N–C) groups is 2. The molecule has 5 N–H and O–H groups in total. The van der Waals surface area contributed by atoms with Crippen molar-refractivity contribution in [1.29, 1.82) is 0 Å². The molecular weight excluding hydrogens is 737 g/mol. The lowest BCUT2D eigenvalue weighted by atomic mass is 10.0. The molecule has 0 aromatic heterocycles. The number of hydrogen-bond acceptors (Lipinski definition) is 9. The van der Waals surface area contributed by atoms with Crippen LogP contribution >= 0.6 is 0 Å². The van der Waals surface area contributed by atoms with Gasteiger partial charge in [0.2, 0.25) is 17.7 Å². The second kappa shape index (κ2) is 22.3. The molecule has 0 bridgehead atoms. The summed E-state index contributed by atoms with van der Waals surface area (Å²) in [6, 6.07) is 13.5. The molecule has 0 fully saturated rings. The summed E-state index contributed by atoms with van der Waals surface area (Å²) in [5, 5.41) is 8.59. The van der Waals surface area contributed by atoms with Crippen molar-refractivity contribution < 1.29 is 28.8 Å². The van der Waals surface area contributed by atoms with Gasteiger partial charge in [-0.15, -0.1) is 0 Å². The van der Waals surface area contributed by atoms with Gasteiger partial charge in [0.1, 0.15) is 11.9 Å². The first-order valence-corrected chi connectivity index (χ1v) is 19.7. The molecule has 0 radical (unpaired) electrons. The molecular formula is C44H54N8O6. The minimum atomic E-state index is -0.848. The van der Waals surface area contributed by atoms with Crippen LogP contribution in [0.1, 0.15) is 87.2 Å². The van der Waals surface area contributed by atoms with Crippen LogP contribution in [0.3, 0.4) is 0 Å². The molecule has 2 heterocycles. The van der Waals surface area contributed by atoms with Crippen LogP contribution in [-0.4, -0.2) is 90.0 Å². The highest BCUT2D eigenvalue weighted by Crippen LogP contribution is 2.28. The van der Waals surface area contributed by atoms with Gasteiger partial charge in [-0.3, -0.25) is 38.7 Å². The highest BCUT2D eigenvalue weighted by atomic mass is 16.2. The van der Waals surface area contributed by atoms with Gasteiger partial charge >= 0.3 is 0 Å². The quantitative estimate of drug-likeness (QED) is 0.0611. The Morgan fingerprint density at radius 1 is 1.00 bits per heavy atom. The maximum Gasteiger partial charge on any atom is 0.255 e. The lowest BCUT2D eigenvalue weighted by Crippen LogP contribution is -2.48. The van der Waals surface area contributed by atoms with Crippen molar-refractivity contribution >= 4 is 59.8 Å². The lowest BCUT2D eigenvalue weighted by Gasteiger charge is -2.22. The van der Waals surface area contributed by atoms with E-state index in [2.05, 4.69) is 32.7 Å². The van der Waals surface area contributed by atoms with Crippen molar-refractivity contribution in [2.24, 2.45) is 15.7 Å². The average Bonchev–Trinajstić information content (AvgIpc) is 3.41. The molecule has 0 spiro atoms. The van der Waals surface area contributed by atoms with Crippen molar-refractivity contribution in [1.82, 2.24) is 25.8 Å². The van der Waals surface area contributed by atoms with Crippen LogP contribution in [-0.2, 0) is 30.4 Å². The summed E-state index contributed by atoms with van der Waals surface area (Å²) in [5.41, 5.74) is 10.1. The van der Waals surface area contributed by atoms with E-state index in [9.17, 15) is 28.8 Å². The van der Waals surface area contributed by atoms with Crippen LogP contribution in [0, 0.1) is 0 Å². The lowest BCUT2D eigenvalue weighted by molar-refractivity contribution is -0.137. The fourth-order valence-corrected chi connectivity index (χ4v) is 6.51. The van der Waals surface area contributed by atoms with Crippen molar-refractivity contribution in [2.75, 3.05) is 26.2 Å². The maximum atomic E-state index is 13.5. The minimum absolute atomic E-state index is 0.0762. The highest BCUT2D eigenvalue weighted by Gasteiger charge is 2.24. The fraction of sp³-hybridized carbons (Fsp3) is 0.364. The predicted molar refractivity (Wildman–Crippen MR) is 226 cm³/mol. The second-order valence-electron chi connectivity index (χ2n) is 14.2. The molecule has 6 amide bonds. The Labute approximate surface area is 340 Å². The molecule has 14 nitrogen and oxygen atoms in total. The summed E-state index contributed by atoms with van der Waals surface area (Å²) in [4.78, 5) is 88.1. The Morgan fingerprint density at radius 2 is 1.71 bits per heavy atom. The van der Waals surface area contributed by atoms with Gasteiger partial charge in [-0.2, -0.15) is 0 Å². The second-order valence-corrected chi connectivity index (χ2v) is 14.2. The zero-order valence-electron chi connectivity index (χ0n) is 33.6. The van der Waals surface area contributed by atoms with Crippen LogP contribution in [0.2, 0.25) is 0 Å². The number of carbonyl (C=O) groups is 6. The van der Waals surface area contributed by atoms with Gasteiger partial charge in [0.05, 0.1) is 11.4 Å². The number of imide groups is 1. The summed E-state index contributed by atoms with van der Waals surface area (Å²) in [6.07, 6.45) is 11.4. The van der Waals surface area contributed by atoms with E-state index in [0.717, 1.165) is 18.4 Å². The van der Waals surface area contributed by atoms with Crippen LogP contribution in [0.15, 0.2) is 99.8 Å². The third-order valence-corrected chi connectivity index (χ3v) is 9.36. The summed E-state index contributed by atoms with van der Waals surface area (Å²) in [6.45, 7) is 11.1. The monoisotopic (exact) mass is 790 g/mol. The van der Waals surface area contributed by atoms with E-state index in [0.29, 0.717) is 72.6 Å². The predicted octanol–water partition coefficient (Wildman–Crippen LogP) is 4.66. The number of unbranched alkanes of at least 4 members (excludes halogenated alkanes) is 2. The topological polar surface area (TPSA) is 196 Å². The van der Waals surface area contributed by atoms with Crippen LogP contribution in [0.5, 0.6) is 0 Å². The number of carbonyl (C=O) groups excluding carboxylic acids is 6. The number of allylic oxidation sites excluding steroid dienone is 1. The van der Waals surface area contributed by atoms with Crippen molar-refractivity contribution in [3.8, 4) is 0 Å². The molecule has 306 valence electrons. The standard InChI is InChI=1S/C44H54N8O6/c1-5-20-51(21-6-2)44(58)34-25-32-16-17-33(26-36(32)49-38(45)27-34)42(56)48-35(29-46-4)23-30(3)28-47-43(57)37(24-31-13-9-7-10-14-31)50-39(53)15-11-8-12-22-52-40(54)18-19-41(52)55/h7,9-10,13-14,16-19,23,25-26,29,37H,4-6,8,11-12,15,20-22,24,27-28H2,1-3H3,(H2,45,49)(H,47,57)(H,48,56)(H,50,53)/b30-23+,35-29+. The molecule has 2 aliphatic heterocycles. The van der Waals surface area contributed by atoms with E-state index in [4.69, 9.17) is 5.73 Å². The first kappa shape index (κ1) is 44.3. The molecule has 2 aliphatic rings. The first-order chi connectivity index (χ1) is 27.9. The molecule has 2 aromatic carbocycles. The number of benzene rings is 2. The average molecular weight is 791 g/mol. The maximum absolute atomic E-state index is 13.5. The zero-order chi connectivity index (χ0) is 42.0. The number of rotatable bonds is 21. The third kappa shape index (κ3) is 13.4. The smallest absolute Gasteiger partial charge is 0.255 e. The van der Waals surface area contributed by atoms with Gasteiger partial charge in [-0.25, -0.2) is 4.99 Å². The Morgan fingerprint density at radius 3 is 2.38 bits per heavy atom. The normalized spacial score (nSPS) is 14.5. The van der Waals surface area contributed by atoms with Gasteiger partial charge < -0.3 is 26.6 Å². The van der Waals surface area contributed by atoms with Crippen LogP contribution < -0.4 is 21.7 Å². The molecule has 1 unspecified atom stereocenters. The summed E-state index contributed by atoms with van der Waals surface area (Å²) < 4.78 is 0. The van der Waals surface area contributed by atoms with Gasteiger partial charge in [0, 0.05) is 80.5 Å². The molecule has 0 saturated heterocycles. The third-order valence-electron chi connectivity index (χ3n) is 9.36. The molecule has 4 rings (SSSR count). The van der Waals surface area contributed by atoms with E-state index < -0.39 is 11.9 Å². The molecule has 14 heteroatoms. The number of nitrogens with one attached hydrogen (secondary N) is 3. The van der Waals surface area contributed by atoms with E-state index in [1.807, 2.05) is 49.1 Å². The first-order valence-electron chi connectivity index (χ1n) is 19.7. The number of amides is 6. The van der Waals surface area contributed by atoms with Gasteiger partial charge in [-0.05, 0) is 69.2 Å². The Bertz CT molecular complexity index is 1990. The number of nitrogens with zero attached hydrogens (tertiary/aromatic N) is 4. The molecule has 0 aliphatic carbocycles. The molecule has 1 atom stereocenters. The Kier molecular flexibility index (Phi) is 17.1. The van der Waals surface area contributed by atoms with Crippen LogP contribution in [0.25, 0.3) is 6.08 Å². The number of nitrogens with two attached hydrogens (primary N) is 1.